The number of nitrogens with zero attached hydrogens (tertiary/aromatic N) is 2. The molecule has 1 atom stereocenters. The molecule has 3 rings (SSSR count). The van der Waals surface area contributed by atoms with Gasteiger partial charge in [0.15, 0.2) is 0 Å². The van der Waals surface area contributed by atoms with E-state index in [9.17, 15) is 9.59 Å². The van der Waals surface area contributed by atoms with Gasteiger partial charge in [0.2, 0.25) is 0 Å². The van der Waals surface area contributed by atoms with Crippen LogP contribution in [0.1, 0.15) is 28.8 Å². The molecule has 0 saturated carbocycles. The Bertz CT molecular complexity index is 823. The number of amides is 2. The monoisotopic (exact) mass is 367 g/mol. The second-order valence-corrected chi connectivity index (χ2v) is 6.22. The van der Waals surface area contributed by atoms with E-state index in [2.05, 4.69) is 4.98 Å². The topological polar surface area (TPSA) is 91.8 Å². The third-order valence-corrected chi connectivity index (χ3v) is 4.31. The number of benzene rings is 1. The first kappa shape index (κ1) is 18.6. The zero-order chi connectivity index (χ0) is 19.1. The molecule has 7 heteroatoms. The first-order valence-corrected chi connectivity index (χ1v) is 8.74. The summed E-state index contributed by atoms with van der Waals surface area (Å²) in [6.45, 7) is 1.18. The van der Waals surface area contributed by atoms with Crippen LogP contribution >= 0.6 is 0 Å². The van der Waals surface area contributed by atoms with Crippen molar-refractivity contribution in [3.63, 3.8) is 0 Å². The van der Waals surface area contributed by atoms with Crippen molar-refractivity contribution in [1.82, 2.24) is 15.4 Å². The molecule has 1 aromatic carbocycles. The van der Waals surface area contributed by atoms with Crippen LogP contribution in [0.3, 0.4) is 0 Å². The lowest BCUT2D eigenvalue weighted by Gasteiger charge is -2.33. The average Bonchev–Trinajstić information content (AvgIpc) is 2.73. The van der Waals surface area contributed by atoms with Gasteiger partial charge in [0, 0.05) is 30.6 Å². The number of carbonyl (C=O) groups excluding carboxylic acids is 2. The van der Waals surface area contributed by atoms with Gasteiger partial charge in [-0.15, -0.1) is 0 Å². The molecule has 27 heavy (non-hydrogen) atoms. The Morgan fingerprint density at radius 2 is 2.11 bits per heavy atom. The number of hydrogen-bond acceptors (Lipinski definition) is 5. The molecule has 1 unspecified atom stereocenters. The summed E-state index contributed by atoms with van der Waals surface area (Å²) in [5.74, 6) is -0.0416. The Morgan fingerprint density at radius 3 is 2.89 bits per heavy atom. The minimum absolute atomic E-state index is 0.0517. The van der Waals surface area contributed by atoms with Crippen molar-refractivity contribution in [2.24, 2.45) is 0 Å². The van der Waals surface area contributed by atoms with Gasteiger partial charge >= 0.3 is 0 Å². The van der Waals surface area contributed by atoms with Crippen molar-refractivity contribution < 1.29 is 19.5 Å². The van der Waals surface area contributed by atoms with Gasteiger partial charge in [-0.1, -0.05) is 18.2 Å². The second kappa shape index (κ2) is 8.95. The Hall–Kier alpha value is -3.19. The van der Waals surface area contributed by atoms with Crippen molar-refractivity contribution in [3.8, 4) is 5.75 Å². The predicted molar refractivity (Wildman–Crippen MR) is 99.2 cm³/mol. The standard InChI is InChI=1S/C20H21N3O4/c24-19(22-26)10-9-15-5-1-2-8-18(15)27-17-7-4-12-23(14-17)20(25)16-6-3-11-21-13-16/h1-3,5-6,8-11,13,17,26H,4,7,12,14H2,(H,22,24). The number of hydrogen-bond donors (Lipinski definition) is 2. The Kier molecular flexibility index (Phi) is 6.17. The van der Waals surface area contributed by atoms with E-state index >= 15 is 0 Å². The van der Waals surface area contributed by atoms with Crippen LogP contribution in [0.2, 0.25) is 0 Å². The number of para-hydroxylation sites is 1. The first-order chi connectivity index (χ1) is 13.2. The predicted octanol–water partition coefficient (Wildman–Crippen LogP) is 2.28. The molecular formula is C20H21N3O4. The molecule has 2 N–H and O–H groups in total. The van der Waals surface area contributed by atoms with Gasteiger partial charge in [-0.05, 0) is 37.1 Å². The van der Waals surface area contributed by atoms with Gasteiger partial charge in [-0.3, -0.25) is 19.8 Å². The number of nitrogens with one attached hydrogen (secondary N) is 1. The van der Waals surface area contributed by atoms with Crippen LogP contribution < -0.4 is 10.2 Å². The summed E-state index contributed by atoms with van der Waals surface area (Å²) in [5, 5.41) is 8.59. The fourth-order valence-corrected chi connectivity index (χ4v) is 3.00. The highest BCUT2D eigenvalue weighted by molar-refractivity contribution is 5.94. The zero-order valence-corrected chi connectivity index (χ0v) is 14.7. The Balaban J connectivity index is 1.69. The van der Waals surface area contributed by atoms with Gasteiger partial charge in [0.25, 0.3) is 11.8 Å². The fraction of sp³-hybridized carbons (Fsp3) is 0.250. The van der Waals surface area contributed by atoms with Crippen LogP contribution in [0.15, 0.2) is 54.9 Å². The molecular weight excluding hydrogens is 346 g/mol. The number of piperidine rings is 1. The van der Waals surface area contributed by atoms with Crippen molar-refractivity contribution >= 4 is 17.9 Å². The van der Waals surface area contributed by atoms with Crippen LogP contribution in [0.4, 0.5) is 0 Å². The number of rotatable bonds is 5. The maximum Gasteiger partial charge on any atom is 0.267 e. The highest BCUT2D eigenvalue weighted by Crippen LogP contribution is 2.24. The summed E-state index contributed by atoms with van der Waals surface area (Å²) in [6, 6.07) is 10.8. The molecule has 140 valence electrons. The van der Waals surface area contributed by atoms with Crippen LogP contribution in [0.25, 0.3) is 6.08 Å². The van der Waals surface area contributed by atoms with Crippen molar-refractivity contribution in [3.05, 3.63) is 66.0 Å². The molecule has 1 aliphatic heterocycles. The number of pyridine rings is 1. The third-order valence-electron chi connectivity index (χ3n) is 4.31. The van der Waals surface area contributed by atoms with E-state index in [1.165, 1.54) is 6.08 Å². The molecule has 2 aromatic rings. The number of ether oxygens (including phenoxy) is 1. The summed E-state index contributed by atoms with van der Waals surface area (Å²) in [5.41, 5.74) is 2.84. The maximum atomic E-state index is 12.6. The van der Waals surface area contributed by atoms with E-state index < -0.39 is 5.91 Å². The third kappa shape index (κ3) is 4.92. The van der Waals surface area contributed by atoms with Gasteiger partial charge in [-0.2, -0.15) is 0 Å². The second-order valence-electron chi connectivity index (χ2n) is 6.22. The number of aromatic nitrogens is 1. The van der Waals surface area contributed by atoms with E-state index in [0.717, 1.165) is 18.4 Å². The smallest absolute Gasteiger partial charge is 0.267 e. The van der Waals surface area contributed by atoms with E-state index in [4.69, 9.17) is 9.94 Å². The minimum Gasteiger partial charge on any atom is -0.488 e. The maximum absolute atomic E-state index is 12.6. The summed E-state index contributed by atoms with van der Waals surface area (Å²) in [4.78, 5) is 29.6. The summed E-state index contributed by atoms with van der Waals surface area (Å²) in [7, 11) is 0. The molecule has 7 nitrogen and oxygen atoms in total. The molecule has 1 fully saturated rings. The van der Waals surface area contributed by atoms with Crippen molar-refractivity contribution in [2.45, 2.75) is 18.9 Å². The quantitative estimate of drug-likeness (QED) is 0.481. The van der Waals surface area contributed by atoms with Gasteiger partial charge in [0.05, 0.1) is 12.1 Å². The molecule has 0 spiro atoms. The molecule has 1 aliphatic rings. The van der Waals surface area contributed by atoms with E-state index in [-0.39, 0.29) is 12.0 Å². The lowest BCUT2D eigenvalue weighted by molar-refractivity contribution is -0.124. The number of hydroxylamine groups is 1. The van der Waals surface area contributed by atoms with Crippen LogP contribution in [-0.2, 0) is 4.79 Å². The van der Waals surface area contributed by atoms with Crippen molar-refractivity contribution in [2.75, 3.05) is 13.1 Å². The number of carbonyl (C=O) groups is 2. The summed E-state index contributed by atoms with van der Waals surface area (Å²) in [6.07, 6.45) is 7.55. The summed E-state index contributed by atoms with van der Waals surface area (Å²) >= 11 is 0. The SMILES string of the molecule is O=C(C=Cc1ccccc1OC1CCCN(C(=O)c2cccnc2)C1)NO. The largest absolute Gasteiger partial charge is 0.488 e. The van der Waals surface area contributed by atoms with Crippen molar-refractivity contribution in [1.29, 1.82) is 0 Å². The van der Waals surface area contributed by atoms with Crippen LogP contribution in [-0.4, -0.2) is 46.1 Å². The van der Waals surface area contributed by atoms with Crippen LogP contribution in [0.5, 0.6) is 5.75 Å². The molecule has 0 bridgehead atoms. The van der Waals surface area contributed by atoms with Gasteiger partial charge < -0.3 is 9.64 Å². The van der Waals surface area contributed by atoms with E-state index in [0.29, 0.717) is 24.4 Å². The summed E-state index contributed by atoms with van der Waals surface area (Å²) < 4.78 is 6.11. The zero-order valence-electron chi connectivity index (χ0n) is 14.7. The lowest BCUT2D eigenvalue weighted by atomic mass is 10.1. The normalized spacial score (nSPS) is 16.9. The van der Waals surface area contributed by atoms with Gasteiger partial charge in [0.1, 0.15) is 11.9 Å². The van der Waals surface area contributed by atoms with E-state index in [1.54, 1.807) is 41.0 Å². The lowest BCUT2D eigenvalue weighted by Crippen LogP contribution is -2.44. The minimum atomic E-state index is -0.615. The fourth-order valence-electron chi connectivity index (χ4n) is 3.00. The molecule has 1 aromatic heterocycles. The molecule has 0 aliphatic carbocycles. The Labute approximate surface area is 157 Å². The first-order valence-electron chi connectivity index (χ1n) is 8.74. The average molecular weight is 367 g/mol. The molecule has 0 radical (unpaired) electrons. The molecule has 2 heterocycles. The molecule has 1 saturated heterocycles. The van der Waals surface area contributed by atoms with E-state index in [1.807, 2.05) is 24.3 Å². The highest BCUT2D eigenvalue weighted by Gasteiger charge is 2.26. The highest BCUT2D eigenvalue weighted by atomic mass is 16.5. The van der Waals surface area contributed by atoms with Crippen LogP contribution in [0, 0.1) is 0 Å². The Morgan fingerprint density at radius 1 is 1.26 bits per heavy atom. The molecule has 2 amide bonds. The van der Waals surface area contributed by atoms with Gasteiger partial charge in [-0.25, -0.2) is 5.48 Å². The number of likely N-dealkylation sites (tertiary alicyclic amines) is 1.